The van der Waals surface area contributed by atoms with Crippen LogP contribution in [0.15, 0.2) is 53.0 Å². The van der Waals surface area contributed by atoms with Crippen LogP contribution in [0.1, 0.15) is 22.8 Å². The van der Waals surface area contributed by atoms with Gasteiger partial charge in [0.2, 0.25) is 0 Å². The Morgan fingerprint density at radius 1 is 1.26 bits per heavy atom. The van der Waals surface area contributed by atoms with Gasteiger partial charge in [0.15, 0.2) is 0 Å². The van der Waals surface area contributed by atoms with E-state index in [0.717, 1.165) is 10.0 Å². The molecule has 0 fully saturated rings. The molecule has 0 saturated carbocycles. The third-order valence-electron chi connectivity index (χ3n) is 3.46. The highest BCUT2D eigenvalue weighted by Gasteiger charge is 2.08. The van der Waals surface area contributed by atoms with Crippen LogP contribution < -0.4 is 15.8 Å². The number of nitrogens with one attached hydrogen (secondary N) is 1. The van der Waals surface area contributed by atoms with Crippen LogP contribution >= 0.6 is 15.9 Å². The van der Waals surface area contributed by atoms with E-state index >= 15 is 0 Å². The number of carbonyl (C=O) groups is 1. The van der Waals surface area contributed by atoms with Crippen molar-refractivity contribution in [1.82, 2.24) is 5.32 Å². The number of benzene rings is 2. The minimum absolute atomic E-state index is 0.114. The third-order valence-corrected chi connectivity index (χ3v) is 4.24. The van der Waals surface area contributed by atoms with Gasteiger partial charge < -0.3 is 15.8 Å². The van der Waals surface area contributed by atoms with Crippen molar-refractivity contribution in [2.24, 2.45) is 11.7 Å². The minimum atomic E-state index is -0.114. The summed E-state index contributed by atoms with van der Waals surface area (Å²) >= 11 is 3.49. The molecule has 3 N–H and O–H groups in total. The molecule has 2 aromatic carbocycles. The van der Waals surface area contributed by atoms with E-state index in [0.29, 0.717) is 31.0 Å². The highest BCUT2D eigenvalue weighted by molar-refractivity contribution is 9.10. The van der Waals surface area contributed by atoms with Crippen LogP contribution in [0.5, 0.6) is 5.75 Å². The predicted octanol–water partition coefficient (Wildman–Crippen LogP) is 3.35. The predicted molar refractivity (Wildman–Crippen MR) is 95.5 cm³/mol. The number of amides is 1. The highest BCUT2D eigenvalue weighted by atomic mass is 79.9. The molecule has 5 heteroatoms. The molecule has 23 heavy (non-hydrogen) atoms. The van der Waals surface area contributed by atoms with Crippen LogP contribution in [0.25, 0.3) is 0 Å². The van der Waals surface area contributed by atoms with Crippen molar-refractivity contribution < 1.29 is 9.53 Å². The lowest BCUT2D eigenvalue weighted by Crippen LogP contribution is -2.31. The maximum Gasteiger partial charge on any atom is 0.251 e. The van der Waals surface area contributed by atoms with Gasteiger partial charge in [-0.1, -0.05) is 47.1 Å². The summed E-state index contributed by atoms with van der Waals surface area (Å²) in [5, 5.41) is 2.88. The molecule has 0 aliphatic rings. The Bertz CT molecular complexity index is 661. The van der Waals surface area contributed by atoms with Crippen molar-refractivity contribution in [3.63, 3.8) is 0 Å². The Kier molecular flexibility index (Phi) is 6.62. The smallest absolute Gasteiger partial charge is 0.251 e. The van der Waals surface area contributed by atoms with Crippen molar-refractivity contribution in [3.8, 4) is 5.75 Å². The van der Waals surface area contributed by atoms with Gasteiger partial charge in [0.1, 0.15) is 12.4 Å². The van der Waals surface area contributed by atoms with Gasteiger partial charge >= 0.3 is 0 Å². The monoisotopic (exact) mass is 376 g/mol. The van der Waals surface area contributed by atoms with Crippen molar-refractivity contribution in [2.75, 3.05) is 13.1 Å². The molecule has 4 nitrogen and oxygen atoms in total. The molecule has 0 bridgehead atoms. The van der Waals surface area contributed by atoms with E-state index in [-0.39, 0.29) is 11.8 Å². The first-order chi connectivity index (χ1) is 11.1. The van der Waals surface area contributed by atoms with E-state index in [1.54, 1.807) is 12.1 Å². The summed E-state index contributed by atoms with van der Waals surface area (Å²) in [6, 6.07) is 15.1. The standard InChI is InChI=1S/C18H21BrN2O2/c1-13(10-20)11-21-18(22)14-6-4-7-16(9-14)23-12-15-5-2-3-8-17(15)19/h2-9,13H,10-12,20H2,1H3,(H,21,22). The van der Waals surface area contributed by atoms with Gasteiger partial charge in [0.25, 0.3) is 5.91 Å². The maximum atomic E-state index is 12.1. The van der Waals surface area contributed by atoms with Crippen molar-refractivity contribution in [2.45, 2.75) is 13.5 Å². The quantitative estimate of drug-likeness (QED) is 0.778. The molecular formula is C18H21BrN2O2. The second kappa shape index (κ2) is 8.70. The number of nitrogens with two attached hydrogens (primary N) is 1. The fourth-order valence-corrected chi connectivity index (χ4v) is 2.36. The van der Waals surface area contributed by atoms with Crippen LogP contribution in [0, 0.1) is 5.92 Å². The molecule has 0 radical (unpaired) electrons. The Morgan fingerprint density at radius 2 is 2.04 bits per heavy atom. The van der Waals surface area contributed by atoms with E-state index in [2.05, 4.69) is 21.2 Å². The lowest BCUT2D eigenvalue weighted by atomic mass is 10.1. The summed E-state index contributed by atoms with van der Waals surface area (Å²) in [6.07, 6.45) is 0. The maximum absolute atomic E-state index is 12.1. The lowest BCUT2D eigenvalue weighted by Gasteiger charge is -2.11. The summed E-state index contributed by atoms with van der Waals surface area (Å²) in [4.78, 5) is 12.1. The Morgan fingerprint density at radius 3 is 2.78 bits per heavy atom. The van der Waals surface area contributed by atoms with Gasteiger partial charge in [-0.15, -0.1) is 0 Å². The Hall–Kier alpha value is -1.85. The van der Waals surface area contributed by atoms with E-state index in [9.17, 15) is 4.79 Å². The lowest BCUT2D eigenvalue weighted by molar-refractivity contribution is 0.0948. The SMILES string of the molecule is CC(CN)CNC(=O)c1cccc(OCc2ccccc2Br)c1. The zero-order valence-corrected chi connectivity index (χ0v) is 14.7. The number of ether oxygens (including phenoxy) is 1. The Balaban J connectivity index is 1.97. The van der Waals surface area contributed by atoms with Crippen molar-refractivity contribution in [3.05, 3.63) is 64.1 Å². The van der Waals surface area contributed by atoms with E-state index < -0.39 is 0 Å². The van der Waals surface area contributed by atoms with Gasteiger partial charge in [-0.3, -0.25) is 4.79 Å². The van der Waals surface area contributed by atoms with E-state index in [1.165, 1.54) is 0 Å². The molecule has 0 saturated heterocycles. The topological polar surface area (TPSA) is 64.3 Å². The second-order valence-electron chi connectivity index (χ2n) is 5.46. The van der Waals surface area contributed by atoms with Crippen molar-refractivity contribution >= 4 is 21.8 Å². The third kappa shape index (κ3) is 5.37. The van der Waals surface area contributed by atoms with Gasteiger partial charge in [-0.2, -0.15) is 0 Å². The fourth-order valence-electron chi connectivity index (χ4n) is 1.96. The minimum Gasteiger partial charge on any atom is -0.489 e. The summed E-state index contributed by atoms with van der Waals surface area (Å²) in [7, 11) is 0. The first kappa shape index (κ1) is 17.5. The van der Waals surface area contributed by atoms with E-state index in [4.69, 9.17) is 10.5 Å². The highest BCUT2D eigenvalue weighted by Crippen LogP contribution is 2.19. The fraction of sp³-hybridized carbons (Fsp3) is 0.278. The summed E-state index contributed by atoms with van der Waals surface area (Å²) < 4.78 is 6.78. The summed E-state index contributed by atoms with van der Waals surface area (Å²) in [5.41, 5.74) is 7.19. The van der Waals surface area contributed by atoms with Crippen LogP contribution in [0.2, 0.25) is 0 Å². The van der Waals surface area contributed by atoms with Crippen molar-refractivity contribution in [1.29, 1.82) is 0 Å². The molecule has 0 aliphatic heterocycles. The molecule has 1 unspecified atom stereocenters. The van der Waals surface area contributed by atoms with Crippen LogP contribution in [0.4, 0.5) is 0 Å². The average Bonchev–Trinajstić information content (AvgIpc) is 2.59. The molecule has 0 aromatic heterocycles. The molecule has 0 heterocycles. The first-order valence-electron chi connectivity index (χ1n) is 7.54. The number of hydrogen-bond acceptors (Lipinski definition) is 3. The van der Waals surface area contributed by atoms with Crippen LogP contribution in [0.3, 0.4) is 0 Å². The molecule has 122 valence electrons. The number of carbonyl (C=O) groups excluding carboxylic acids is 1. The molecule has 2 aromatic rings. The molecular weight excluding hydrogens is 356 g/mol. The normalized spacial score (nSPS) is 11.8. The van der Waals surface area contributed by atoms with Crippen LogP contribution in [-0.2, 0) is 6.61 Å². The zero-order chi connectivity index (χ0) is 16.7. The number of halogens is 1. The molecule has 1 atom stereocenters. The summed E-state index contributed by atoms with van der Waals surface area (Å²) in [6.45, 7) is 3.56. The van der Waals surface area contributed by atoms with Gasteiger partial charge in [-0.25, -0.2) is 0 Å². The Labute approximate surface area is 145 Å². The number of rotatable bonds is 7. The average molecular weight is 377 g/mol. The molecule has 0 aliphatic carbocycles. The number of hydrogen-bond donors (Lipinski definition) is 2. The van der Waals surface area contributed by atoms with Gasteiger partial charge in [-0.05, 0) is 36.7 Å². The molecule has 0 spiro atoms. The second-order valence-corrected chi connectivity index (χ2v) is 6.31. The summed E-state index contributed by atoms with van der Waals surface area (Å²) in [5.74, 6) is 0.811. The van der Waals surface area contributed by atoms with E-state index in [1.807, 2.05) is 43.3 Å². The zero-order valence-electron chi connectivity index (χ0n) is 13.1. The largest absolute Gasteiger partial charge is 0.489 e. The van der Waals surface area contributed by atoms with Gasteiger partial charge in [0, 0.05) is 22.1 Å². The van der Waals surface area contributed by atoms with Gasteiger partial charge in [0.05, 0.1) is 0 Å². The molecule has 2 rings (SSSR count). The van der Waals surface area contributed by atoms with Crippen LogP contribution in [-0.4, -0.2) is 19.0 Å². The first-order valence-corrected chi connectivity index (χ1v) is 8.34. The molecule has 1 amide bonds.